The minimum absolute atomic E-state index is 0.0441. The van der Waals surface area contributed by atoms with Crippen LogP contribution in [-0.2, 0) is 4.79 Å². The highest BCUT2D eigenvalue weighted by Crippen LogP contribution is 2.24. The number of anilines is 2. The van der Waals surface area contributed by atoms with Gasteiger partial charge in [-0.3, -0.25) is 9.69 Å². The Morgan fingerprint density at radius 2 is 1.78 bits per heavy atom. The van der Waals surface area contributed by atoms with E-state index in [2.05, 4.69) is 15.1 Å². The molecule has 1 N–H and O–H groups in total. The molecule has 6 heteroatoms. The van der Waals surface area contributed by atoms with Gasteiger partial charge >= 0.3 is 0 Å². The number of benzene rings is 2. The SMILES string of the molecule is CCOc1ccccc1NC(=O)[C@@H](C)N1CCN(c2ccc(F)cc2)CC1. The van der Waals surface area contributed by atoms with Crippen molar-refractivity contribution in [3.05, 3.63) is 54.3 Å². The number of halogens is 1. The normalized spacial score (nSPS) is 16.0. The molecule has 5 nitrogen and oxygen atoms in total. The Hall–Kier alpha value is -2.60. The van der Waals surface area contributed by atoms with E-state index >= 15 is 0 Å². The van der Waals surface area contributed by atoms with Gasteiger partial charge in [0.2, 0.25) is 5.91 Å². The first-order chi connectivity index (χ1) is 13.1. The molecule has 0 aliphatic carbocycles. The largest absolute Gasteiger partial charge is 0.492 e. The topological polar surface area (TPSA) is 44.8 Å². The second-order valence-corrected chi connectivity index (χ2v) is 6.59. The van der Waals surface area contributed by atoms with Crippen LogP contribution in [0.4, 0.5) is 15.8 Å². The summed E-state index contributed by atoms with van der Waals surface area (Å²) in [5.41, 5.74) is 1.71. The van der Waals surface area contributed by atoms with E-state index in [1.54, 1.807) is 12.1 Å². The van der Waals surface area contributed by atoms with Crippen molar-refractivity contribution >= 4 is 17.3 Å². The number of hydrogen-bond donors (Lipinski definition) is 1. The van der Waals surface area contributed by atoms with Crippen molar-refractivity contribution in [3.8, 4) is 5.75 Å². The van der Waals surface area contributed by atoms with Gasteiger partial charge in [0.05, 0.1) is 18.3 Å². The van der Waals surface area contributed by atoms with Crippen molar-refractivity contribution in [2.75, 3.05) is 43.0 Å². The zero-order valence-corrected chi connectivity index (χ0v) is 15.8. The summed E-state index contributed by atoms with van der Waals surface area (Å²) >= 11 is 0. The molecule has 0 bridgehead atoms. The fourth-order valence-electron chi connectivity index (χ4n) is 3.27. The Balaban J connectivity index is 1.56. The summed E-state index contributed by atoms with van der Waals surface area (Å²) < 4.78 is 18.7. The summed E-state index contributed by atoms with van der Waals surface area (Å²) in [6, 6.07) is 13.8. The molecule has 0 unspecified atom stereocenters. The molecule has 1 aliphatic rings. The zero-order chi connectivity index (χ0) is 19.2. The van der Waals surface area contributed by atoms with Gasteiger partial charge in [-0.25, -0.2) is 4.39 Å². The summed E-state index contributed by atoms with van der Waals surface area (Å²) in [4.78, 5) is 17.1. The number of amides is 1. The van der Waals surface area contributed by atoms with Gasteiger partial charge in [0.15, 0.2) is 0 Å². The van der Waals surface area contributed by atoms with E-state index in [0.29, 0.717) is 18.0 Å². The number of hydrogen-bond acceptors (Lipinski definition) is 4. The lowest BCUT2D eigenvalue weighted by Crippen LogP contribution is -2.52. The fourth-order valence-corrected chi connectivity index (χ4v) is 3.27. The van der Waals surface area contributed by atoms with Gasteiger partial charge in [-0.05, 0) is 50.2 Å². The Bertz CT molecular complexity index is 758. The smallest absolute Gasteiger partial charge is 0.241 e. The molecule has 0 saturated carbocycles. The fraction of sp³-hybridized carbons (Fsp3) is 0.381. The molecule has 1 heterocycles. The quantitative estimate of drug-likeness (QED) is 0.846. The number of rotatable bonds is 6. The van der Waals surface area contributed by atoms with Crippen LogP contribution in [0.25, 0.3) is 0 Å². The lowest BCUT2D eigenvalue weighted by molar-refractivity contribution is -0.120. The summed E-state index contributed by atoms with van der Waals surface area (Å²) in [5.74, 6) is 0.411. The van der Waals surface area contributed by atoms with Gasteiger partial charge in [0.1, 0.15) is 11.6 Å². The molecular weight excluding hydrogens is 345 g/mol. The van der Waals surface area contributed by atoms with Crippen LogP contribution in [0.15, 0.2) is 48.5 Å². The molecule has 1 fully saturated rings. The second kappa shape index (κ2) is 8.86. The Labute approximate surface area is 159 Å². The van der Waals surface area contributed by atoms with Crippen molar-refractivity contribution in [1.82, 2.24) is 4.90 Å². The minimum atomic E-state index is -0.241. The van der Waals surface area contributed by atoms with E-state index in [-0.39, 0.29) is 17.8 Å². The lowest BCUT2D eigenvalue weighted by atomic mass is 10.2. The van der Waals surface area contributed by atoms with Crippen LogP contribution in [0.5, 0.6) is 5.75 Å². The highest BCUT2D eigenvalue weighted by Gasteiger charge is 2.26. The Morgan fingerprint density at radius 1 is 1.11 bits per heavy atom. The van der Waals surface area contributed by atoms with Gasteiger partial charge < -0.3 is 15.0 Å². The maximum Gasteiger partial charge on any atom is 0.241 e. The van der Waals surface area contributed by atoms with E-state index in [4.69, 9.17) is 4.74 Å². The van der Waals surface area contributed by atoms with Gasteiger partial charge in [0, 0.05) is 31.9 Å². The maximum atomic E-state index is 13.1. The molecule has 2 aromatic rings. The third-order valence-electron chi connectivity index (χ3n) is 4.88. The van der Waals surface area contributed by atoms with Crippen LogP contribution in [0.1, 0.15) is 13.8 Å². The summed E-state index contributed by atoms with van der Waals surface area (Å²) in [6.07, 6.45) is 0. The molecule has 0 aromatic heterocycles. The number of piperazine rings is 1. The number of ether oxygens (including phenoxy) is 1. The van der Waals surface area contributed by atoms with Gasteiger partial charge in [-0.2, -0.15) is 0 Å². The number of carbonyl (C=O) groups is 1. The van der Waals surface area contributed by atoms with Crippen molar-refractivity contribution in [1.29, 1.82) is 0 Å². The van der Waals surface area contributed by atoms with Crippen molar-refractivity contribution < 1.29 is 13.9 Å². The third kappa shape index (κ3) is 4.77. The molecule has 3 rings (SSSR count). The first-order valence-corrected chi connectivity index (χ1v) is 9.35. The first-order valence-electron chi connectivity index (χ1n) is 9.35. The lowest BCUT2D eigenvalue weighted by Gasteiger charge is -2.38. The summed E-state index contributed by atoms with van der Waals surface area (Å²) in [5, 5.41) is 2.98. The van der Waals surface area contributed by atoms with Gasteiger partial charge in [0.25, 0.3) is 0 Å². The van der Waals surface area contributed by atoms with E-state index in [1.807, 2.05) is 38.1 Å². The third-order valence-corrected chi connectivity index (χ3v) is 4.88. The molecule has 1 saturated heterocycles. The van der Waals surface area contributed by atoms with Gasteiger partial charge in [-0.1, -0.05) is 12.1 Å². The molecule has 2 aromatic carbocycles. The Morgan fingerprint density at radius 3 is 2.44 bits per heavy atom. The van der Waals surface area contributed by atoms with E-state index in [9.17, 15) is 9.18 Å². The molecular formula is C21H26FN3O2. The average molecular weight is 371 g/mol. The summed E-state index contributed by atoms with van der Waals surface area (Å²) in [7, 11) is 0. The van der Waals surface area contributed by atoms with E-state index < -0.39 is 0 Å². The second-order valence-electron chi connectivity index (χ2n) is 6.59. The highest BCUT2D eigenvalue weighted by atomic mass is 19.1. The van der Waals surface area contributed by atoms with Crippen LogP contribution in [0.3, 0.4) is 0 Å². The maximum absolute atomic E-state index is 13.1. The van der Waals surface area contributed by atoms with Crippen LogP contribution < -0.4 is 15.0 Å². The highest BCUT2D eigenvalue weighted by molar-refractivity contribution is 5.95. The zero-order valence-electron chi connectivity index (χ0n) is 15.8. The van der Waals surface area contributed by atoms with Crippen LogP contribution >= 0.6 is 0 Å². The monoisotopic (exact) mass is 371 g/mol. The Kier molecular flexibility index (Phi) is 6.29. The average Bonchev–Trinajstić information content (AvgIpc) is 2.70. The number of nitrogens with one attached hydrogen (secondary N) is 1. The van der Waals surface area contributed by atoms with Crippen molar-refractivity contribution in [2.24, 2.45) is 0 Å². The predicted octanol–water partition coefficient (Wildman–Crippen LogP) is 3.37. The number of para-hydroxylation sites is 2. The predicted molar refractivity (Wildman–Crippen MR) is 106 cm³/mol. The van der Waals surface area contributed by atoms with Crippen molar-refractivity contribution in [3.63, 3.8) is 0 Å². The molecule has 0 spiro atoms. The number of nitrogens with zero attached hydrogens (tertiary/aromatic N) is 2. The first kappa shape index (κ1) is 19.2. The van der Waals surface area contributed by atoms with Crippen molar-refractivity contribution in [2.45, 2.75) is 19.9 Å². The van der Waals surface area contributed by atoms with Crippen LogP contribution in [0, 0.1) is 5.82 Å². The molecule has 1 atom stereocenters. The standard InChI is InChI=1S/C21H26FN3O2/c1-3-27-20-7-5-4-6-19(20)23-21(26)16(2)24-12-14-25(15-13-24)18-10-8-17(22)9-11-18/h4-11,16H,3,12-15H2,1-2H3,(H,23,26)/t16-/m1/s1. The summed E-state index contributed by atoms with van der Waals surface area (Å²) in [6.45, 7) is 7.55. The number of carbonyl (C=O) groups excluding carboxylic acids is 1. The van der Waals surface area contributed by atoms with Crippen LogP contribution in [-0.4, -0.2) is 49.6 Å². The molecule has 1 amide bonds. The molecule has 1 aliphatic heterocycles. The molecule has 27 heavy (non-hydrogen) atoms. The minimum Gasteiger partial charge on any atom is -0.492 e. The van der Waals surface area contributed by atoms with E-state index in [0.717, 1.165) is 31.9 Å². The molecule has 144 valence electrons. The van der Waals surface area contributed by atoms with Crippen LogP contribution in [0.2, 0.25) is 0 Å². The molecule has 0 radical (unpaired) electrons. The van der Waals surface area contributed by atoms with Gasteiger partial charge in [-0.15, -0.1) is 0 Å². The van der Waals surface area contributed by atoms with E-state index in [1.165, 1.54) is 12.1 Å².